The molecule has 5 N–H and O–H groups in total. The van der Waals surface area contributed by atoms with E-state index in [-0.39, 0.29) is 6.54 Å². The van der Waals surface area contributed by atoms with Gasteiger partial charge in [0.1, 0.15) is 11.2 Å². The Bertz CT molecular complexity index is 1340. The lowest BCUT2D eigenvalue weighted by molar-refractivity contribution is -0.121. The third-order valence-electron chi connectivity index (χ3n) is 5.46. The number of H-pyrrole nitrogens is 1. The number of halogens is 2. The standard InChI is InChI=1S/C24H20ClFN4O4/c25-17-7-5-16(6-8-17)24(34,13-30-20(31)12-29-23(32)33)15-3-1-14(2-4-15)18-9-10-27-22-21(18)19(26)11-28-22/h1-11,29,34H,12-13H2,(H,27,28)(H,30,31)(H,32,33). The molecule has 0 saturated heterocycles. The molecule has 0 radical (unpaired) electrons. The van der Waals surface area contributed by atoms with Crippen LogP contribution in [-0.2, 0) is 10.4 Å². The topological polar surface area (TPSA) is 127 Å². The summed E-state index contributed by atoms with van der Waals surface area (Å²) in [6.07, 6.45) is 1.49. The van der Waals surface area contributed by atoms with Gasteiger partial charge in [-0.2, -0.15) is 0 Å². The lowest BCUT2D eigenvalue weighted by atomic mass is 9.85. The van der Waals surface area contributed by atoms with Gasteiger partial charge in [0.25, 0.3) is 0 Å². The molecule has 4 aromatic rings. The highest BCUT2D eigenvalue weighted by atomic mass is 35.5. The summed E-state index contributed by atoms with van der Waals surface area (Å²) in [5.74, 6) is -1.02. The molecule has 10 heteroatoms. The lowest BCUT2D eigenvalue weighted by Gasteiger charge is -2.30. The molecule has 34 heavy (non-hydrogen) atoms. The number of carbonyl (C=O) groups is 2. The highest BCUT2D eigenvalue weighted by Gasteiger charge is 2.32. The molecular formula is C24H20ClFN4O4. The van der Waals surface area contributed by atoms with Gasteiger partial charge in [-0.15, -0.1) is 0 Å². The van der Waals surface area contributed by atoms with E-state index in [0.717, 1.165) is 0 Å². The Morgan fingerprint density at radius 2 is 1.68 bits per heavy atom. The number of pyridine rings is 1. The van der Waals surface area contributed by atoms with E-state index in [0.29, 0.717) is 38.3 Å². The summed E-state index contributed by atoms with van der Waals surface area (Å²) in [4.78, 5) is 29.6. The molecule has 0 spiro atoms. The quantitative estimate of drug-likeness (QED) is 0.275. The van der Waals surface area contributed by atoms with Gasteiger partial charge in [0.2, 0.25) is 5.91 Å². The number of rotatable bonds is 7. The van der Waals surface area contributed by atoms with E-state index >= 15 is 0 Å². The van der Waals surface area contributed by atoms with Crippen molar-refractivity contribution in [1.29, 1.82) is 0 Å². The Balaban J connectivity index is 1.67. The van der Waals surface area contributed by atoms with Crippen molar-refractivity contribution in [2.45, 2.75) is 5.60 Å². The second-order valence-electron chi connectivity index (χ2n) is 7.60. The van der Waals surface area contributed by atoms with E-state index in [2.05, 4.69) is 15.3 Å². The number of aromatic nitrogens is 2. The monoisotopic (exact) mass is 482 g/mol. The maximum atomic E-state index is 14.3. The predicted molar refractivity (Wildman–Crippen MR) is 125 cm³/mol. The summed E-state index contributed by atoms with van der Waals surface area (Å²) in [6.45, 7) is -0.675. The fraction of sp³-hybridized carbons (Fsp3) is 0.125. The van der Waals surface area contributed by atoms with E-state index in [1.165, 1.54) is 6.20 Å². The minimum atomic E-state index is -1.64. The molecule has 2 aromatic heterocycles. The molecule has 174 valence electrons. The first-order valence-electron chi connectivity index (χ1n) is 10.2. The number of nitrogens with one attached hydrogen (secondary N) is 3. The van der Waals surface area contributed by atoms with Crippen LogP contribution in [0.25, 0.3) is 22.2 Å². The van der Waals surface area contributed by atoms with Crippen LogP contribution >= 0.6 is 11.6 Å². The fourth-order valence-corrected chi connectivity index (χ4v) is 3.85. The maximum Gasteiger partial charge on any atom is 0.405 e. The number of benzene rings is 2. The van der Waals surface area contributed by atoms with E-state index in [4.69, 9.17) is 16.7 Å². The largest absolute Gasteiger partial charge is 0.465 e. The van der Waals surface area contributed by atoms with Crippen molar-refractivity contribution >= 4 is 34.6 Å². The Labute approximate surface area is 198 Å². The van der Waals surface area contributed by atoms with Crippen LogP contribution in [-0.4, -0.2) is 45.3 Å². The van der Waals surface area contributed by atoms with Crippen LogP contribution in [0.4, 0.5) is 9.18 Å². The van der Waals surface area contributed by atoms with Gasteiger partial charge in [0.05, 0.1) is 18.5 Å². The molecule has 0 saturated carbocycles. The summed E-state index contributed by atoms with van der Waals surface area (Å²) in [6, 6.07) is 15.1. The van der Waals surface area contributed by atoms with Crippen molar-refractivity contribution in [2.24, 2.45) is 0 Å². The first kappa shape index (κ1) is 23.2. The van der Waals surface area contributed by atoms with Crippen LogP contribution in [0.3, 0.4) is 0 Å². The van der Waals surface area contributed by atoms with Crippen molar-refractivity contribution in [3.8, 4) is 11.1 Å². The molecule has 4 rings (SSSR count). The number of nitrogens with zero attached hydrogens (tertiary/aromatic N) is 1. The third kappa shape index (κ3) is 4.70. The van der Waals surface area contributed by atoms with Crippen LogP contribution in [0, 0.1) is 5.82 Å². The molecule has 0 bridgehead atoms. The SMILES string of the molecule is O=C(O)NCC(=O)NCC(O)(c1ccc(Cl)cc1)c1ccc(-c2ccnc3[nH]cc(F)c23)cc1. The minimum Gasteiger partial charge on any atom is -0.465 e. The highest BCUT2D eigenvalue weighted by Crippen LogP contribution is 2.34. The minimum absolute atomic E-state index is 0.222. The maximum absolute atomic E-state index is 14.3. The summed E-state index contributed by atoms with van der Waals surface area (Å²) in [5.41, 5.74) is 1.06. The van der Waals surface area contributed by atoms with Gasteiger partial charge in [0, 0.05) is 17.4 Å². The van der Waals surface area contributed by atoms with Gasteiger partial charge in [-0.3, -0.25) is 4.79 Å². The molecule has 2 aromatic carbocycles. The molecule has 8 nitrogen and oxygen atoms in total. The van der Waals surface area contributed by atoms with Gasteiger partial charge in [-0.05, 0) is 40.5 Å². The number of amides is 2. The van der Waals surface area contributed by atoms with Gasteiger partial charge in [-0.1, -0.05) is 48.0 Å². The van der Waals surface area contributed by atoms with E-state index in [1.54, 1.807) is 60.8 Å². The van der Waals surface area contributed by atoms with Crippen molar-refractivity contribution in [2.75, 3.05) is 13.1 Å². The zero-order valence-electron chi connectivity index (χ0n) is 17.7. The molecule has 1 unspecified atom stereocenters. The van der Waals surface area contributed by atoms with E-state index < -0.39 is 30.0 Å². The number of aliphatic hydroxyl groups is 1. The first-order valence-corrected chi connectivity index (χ1v) is 10.6. The number of aromatic amines is 1. The molecule has 0 aliphatic carbocycles. The third-order valence-corrected chi connectivity index (χ3v) is 5.71. The van der Waals surface area contributed by atoms with Crippen molar-refractivity contribution < 1.29 is 24.2 Å². The fourth-order valence-electron chi connectivity index (χ4n) is 3.72. The molecule has 1 atom stereocenters. The molecule has 0 fully saturated rings. The zero-order valence-corrected chi connectivity index (χ0v) is 18.4. The van der Waals surface area contributed by atoms with Crippen molar-refractivity contribution in [3.63, 3.8) is 0 Å². The normalized spacial score (nSPS) is 12.8. The van der Waals surface area contributed by atoms with Crippen LogP contribution < -0.4 is 10.6 Å². The average Bonchev–Trinajstić information content (AvgIpc) is 3.22. The van der Waals surface area contributed by atoms with Crippen molar-refractivity contribution in [3.05, 3.63) is 89.0 Å². The molecule has 0 aliphatic heterocycles. The Kier molecular flexibility index (Phi) is 6.49. The number of fused-ring (bicyclic) bond motifs is 1. The van der Waals surface area contributed by atoms with E-state index in [9.17, 15) is 19.1 Å². The van der Waals surface area contributed by atoms with Crippen LogP contribution in [0.1, 0.15) is 11.1 Å². The van der Waals surface area contributed by atoms with Crippen molar-refractivity contribution in [1.82, 2.24) is 20.6 Å². The lowest BCUT2D eigenvalue weighted by Crippen LogP contribution is -2.45. The van der Waals surface area contributed by atoms with Crippen LogP contribution in [0.2, 0.25) is 5.02 Å². The molecule has 2 heterocycles. The van der Waals surface area contributed by atoms with E-state index in [1.807, 2.05) is 5.32 Å². The van der Waals surface area contributed by atoms with Gasteiger partial charge < -0.3 is 25.8 Å². The van der Waals surface area contributed by atoms with Gasteiger partial charge in [0.15, 0.2) is 5.82 Å². The second kappa shape index (κ2) is 9.50. The number of hydrogen-bond donors (Lipinski definition) is 5. The summed E-state index contributed by atoms with van der Waals surface area (Å²) < 4.78 is 14.3. The number of carbonyl (C=O) groups excluding carboxylic acids is 1. The zero-order chi connectivity index (χ0) is 24.3. The number of carboxylic acid groups (broad SMARTS) is 1. The highest BCUT2D eigenvalue weighted by molar-refractivity contribution is 6.30. The molecule has 2 amide bonds. The average molecular weight is 483 g/mol. The summed E-state index contributed by atoms with van der Waals surface area (Å²) in [5, 5.41) is 25.7. The van der Waals surface area contributed by atoms with Crippen LogP contribution in [0.15, 0.2) is 67.0 Å². The smallest absolute Gasteiger partial charge is 0.405 e. The second-order valence-corrected chi connectivity index (χ2v) is 8.04. The van der Waals surface area contributed by atoms with Gasteiger partial charge in [-0.25, -0.2) is 14.2 Å². The Morgan fingerprint density at radius 1 is 1.03 bits per heavy atom. The summed E-state index contributed by atoms with van der Waals surface area (Å²) >= 11 is 5.99. The first-order chi connectivity index (χ1) is 16.3. The molecular weight excluding hydrogens is 463 g/mol. The Hall–Kier alpha value is -3.95. The number of hydrogen-bond acceptors (Lipinski definition) is 4. The summed E-state index contributed by atoms with van der Waals surface area (Å²) in [7, 11) is 0. The van der Waals surface area contributed by atoms with Gasteiger partial charge >= 0.3 is 6.09 Å². The molecule has 0 aliphatic rings. The predicted octanol–water partition coefficient (Wildman–Crippen LogP) is 3.64. The van der Waals surface area contributed by atoms with Crippen LogP contribution in [0.5, 0.6) is 0 Å². The Morgan fingerprint density at radius 3 is 2.32 bits per heavy atom.